The smallest absolute Gasteiger partial charge is 0.231 e. The van der Waals surface area contributed by atoms with Crippen molar-refractivity contribution in [1.82, 2.24) is 5.32 Å². The lowest BCUT2D eigenvalue weighted by Gasteiger charge is -2.34. The van der Waals surface area contributed by atoms with Crippen LogP contribution in [0, 0.1) is 5.41 Å². The largest absolute Gasteiger partial charge is 0.330 e. The standard InChI is InChI=1S/C16H19NO/c1-3-10-16(11-9-13(2)17-15(16)18)12-14-7-5-4-6-8-14/h3-9H,1,10-12H2,2H3,(H,17,18)/t16-/m1/s1. The van der Waals surface area contributed by atoms with Crippen LogP contribution in [0.1, 0.15) is 25.3 Å². The van der Waals surface area contributed by atoms with Crippen LogP contribution in [-0.4, -0.2) is 5.91 Å². The molecular formula is C16H19NO. The third kappa shape index (κ3) is 2.53. The van der Waals surface area contributed by atoms with Crippen molar-refractivity contribution in [2.75, 3.05) is 0 Å². The molecule has 0 fully saturated rings. The summed E-state index contributed by atoms with van der Waals surface area (Å²) in [5, 5.41) is 2.95. The van der Waals surface area contributed by atoms with E-state index in [0.29, 0.717) is 6.42 Å². The van der Waals surface area contributed by atoms with Gasteiger partial charge in [-0.15, -0.1) is 6.58 Å². The van der Waals surface area contributed by atoms with Gasteiger partial charge in [0.1, 0.15) is 0 Å². The van der Waals surface area contributed by atoms with Crippen LogP contribution in [0.2, 0.25) is 0 Å². The number of rotatable bonds is 4. The van der Waals surface area contributed by atoms with E-state index in [4.69, 9.17) is 0 Å². The van der Waals surface area contributed by atoms with E-state index in [1.807, 2.05) is 31.2 Å². The highest BCUT2D eigenvalue weighted by atomic mass is 16.2. The molecule has 0 bridgehead atoms. The Bertz CT molecular complexity index is 475. The molecule has 2 heteroatoms. The number of carbonyl (C=O) groups excluding carboxylic acids is 1. The molecule has 94 valence electrons. The molecule has 1 aliphatic heterocycles. The molecule has 2 nitrogen and oxygen atoms in total. The van der Waals surface area contributed by atoms with Gasteiger partial charge in [0.25, 0.3) is 0 Å². The maximum atomic E-state index is 12.3. The first-order valence-electron chi connectivity index (χ1n) is 6.29. The lowest BCUT2D eigenvalue weighted by atomic mass is 9.73. The average molecular weight is 241 g/mol. The summed E-state index contributed by atoms with van der Waals surface area (Å²) in [6.07, 6.45) is 6.20. The van der Waals surface area contributed by atoms with Gasteiger partial charge in [0.15, 0.2) is 0 Å². The molecule has 0 spiro atoms. The van der Waals surface area contributed by atoms with Crippen LogP contribution in [-0.2, 0) is 11.2 Å². The molecule has 1 amide bonds. The van der Waals surface area contributed by atoms with Crippen molar-refractivity contribution in [2.24, 2.45) is 5.41 Å². The van der Waals surface area contributed by atoms with Crippen LogP contribution in [0.4, 0.5) is 0 Å². The van der Waals surface area contributed by atoms with E-state index in [9.17, 15) is 4.79 Å². The Kier molecular flexibility index (Phi) is 3.66. The van der Waals surface area contributed by atoms with Crippen LogP contribution < -0.4 is 5.32 Å². The molecule has 2 rings (SSSR count). The summed E-state index contributed by atoms with van der Waals surface area (Å²) in [6.45, 7) is 5.72. The molecule has 18 heavy (non-hydrogen) atoms. The van der Waals surface area contributed by atoms with Crippen molar-refractivity contribution < 1.29 is 4.79 Å². The third-order valence-corrected chi connectivity index (χ3v) is 3.51. The van der Waals surface area contributed by atoms with Crippen LogP contribution >= 0.6 is 0 Å². The Balaban J connectivity index is 2.27. The minimum atomic E-state index is -0.372. The van der Waals surface area contributed by atoms with Gasteiger partial charge < -0.3 is 5.32 Å². The lowest BCUT2D eigenvalue weighted by molar-refractivity contribution is -0.130. The van der Waals surface area contributed by atoms with E-state index >= 15 is 0 Å². The van der Waals surface area contributed by atoms with E-state index in [2.05, 4.69) is 30.1 Å². The third-order valence-electron chi connectivity index (χ3n) is 3.51. The van der Waals surface area contributed by atoms with E-state index in [1.165, 1.54) is 5.56 Å². The number of allylic oxidation sites excluding steroid dienone is 3. The second kappa shape index (κ2) is 5.21. The van der Waals surface area contributed by atoms with E-state index in [-0.39, 0.29) is 11.3 Å². The molecule has 1 N–H and O–H groups in total. The molecule has 0 saturated carbocycles. The van der Waals surface area contributed by atoms with Gasteiger partial charge in [-0.25, -0.2) is 0 Å². The van der Waals surface area contributed by atoms with Crippen molar-refractivity contribution in [2.45, 2.75) is 26.2 Å². The normalized spacial score (nSPS) is 23.2. The highest BCUT2D eigenvalue weighted by Crippen LogP contribution is 2.35. The summed E-state index contributed by atoms with van der Waals surface area (Å²) in [5.74, 6) is 0.117. The quantitative estimate of drug-likeness (QED) is 0.806. The van der Waals surface area contributed by atoms with Crippen molar-refractivity contribution in [1.29, 1.82) is 0 Å². The molecule has 0 aromatic heterocycles. The van der Waals surface area contributed by atoms with E-state index in [0.717, 1.165) is 18.5 Å². The first-order valence-corrected chi connectivity index (χ1v) is 6.29. The SMILES string of the molecule is C=CC[C@]1(Cc2ccccc2)CC=C(C)NC1=O. The summed E-state index contributed by atoms with van der Waals surface area (Å²) >= 11 is 0. The van der Waals surface area contributed by atoms with Crippen molar-refractivity contribution in [3.05, 3.63) is 60.3 Å². The number of hydrogen-bond donors (Lipinski definition) is 1. The summed E-state index contributed by atoms with van der Waals surface area (Å²) in [6, 6.07) is 10.2. The number of amides is 1. The summed E-state index contributed by atoms with van der Waals surface area (Å²) in [5.41, 5.74) is 1.78. The Morgan fingerprint density at radius 2 is 2.11 bits per heavy atom. The van der Waals surface area contributed by atoms with Gasteiger partial charge in [-0.1, -0.05) is 42.5 Å². The number of benzene rings is 1. The van der Waals surface area contributed by atoms with Gasteiger partial charge in [-0.2, -0.15) is 0 Å². The fraction of sp³-hybridized carbons (Fsp3) is 0.312. The molecule has 0 saturated heterocycles. The van der Waals surface area contributed by atoms with Gasteiger partial charge in [0.2, 0.25) is 5.91 Å². The molecule has 1 aliphatic rings. The topological polar surface area (TPSA) is 29.1 Å². The molecule has 0 aliphatic carbocycles. The van der Waals surface area contributed by atoms with Gasteiger partial charge in [-0.3, -0.25) is 4.79 Å². The highest BCUT2D eigenvalue weighted by molar-refractivity contribution is 5.86. The summed E-state index contributed by atoms with van der Waals surface area (Å²) in [4.78, 5) is 12.3. The van der Waals surface area contributed by atoms with Crippen LogP contribution in [0.3, 0.4) is 0 Å². The van der Waals surface area contributed by atoms with Crippen LogP contribution in [0.15, 0.2) is 54.8 Å². The Labute approximate surface area is 108 Å². The average Bonchev–Trinajstić information content (AvgIpc) is 2.36. The van der Waals surface area contributed by atoms with E-state index < -0.39 is 0 Å². The number of hydrogen-bond acceptors (Lipinski definition) is 1. The van der Waals surface area contributed by atoms with Crippen molar-refractivity contribution in [3.8, 4) is 0 Å². The highest BCUT2D eigenvalue weighted by Gasteiger charge is 2.38. The van der Waals surface area contributed by atoms with Crippen LogP contribution in [0.25, 0.3) is 0 Å². The number of nitrogens with one attached hydrogen (secondary N) is 1. The number of carbonyl (C=O) groups is 1. The first-order chi connectivity index (χ1) is 8.66. The molecule has 1 atom stereocenters. The fourth-order valence-electron chi connectivity index (χ4n) is 2.47. The monoisotopic (exact) mass is 241 g/mol. The zero-order valence-corrected chi connectivity index (χ0v) is 10.8. The fourth-order valence-corrected chi connectivity index (χ4v) is 2.47. The zero-order chi connectivity index (χ0) is 13.0. The molecule has 1 aromatic carbocycles. The Morgan fingerprint density at radius 1 is 1.39 bits per heavy atom. The molecule has 1 heterocycles. The van der Waals surface area contributed by atoms with E-state index in [1.54, 1.807) is 0 Å². The molecule has 1 aromatic rings. The second-order valence-corrected chi connectivity index (χ2v) is 4.98. The predicted molar refractivity (Wildman–Crippen MR) is 73.9 cm³/mol. The minimum Gasteiger partial charge on any atom is -0.330 e. The molecular weight excluding hydrogens is 222 g/mol. The Hall–Kier alpha value is -1.83. The maximum Gasteiger partial charge on any atom is 0.231 e. The second-order valence-electron chi connectivity index (χ2n) is 4.98. The summed E-state index contributed by atoms with van der Waals surface area (Å²) < 4.78 is 0. The van der Waals surface area contributed by atoms with Crippen LogP contribution in [0.5, 0.6) is 0 Å². The van der Waals surface area contributed by atoms with Gasteiger partial charge >= 0.3 is 0 Å². The zero-order valence-electron chi connectivity index (χ0n) is 10.8. The lowest BCUT2D eigenvalue weighted by Crippen LogP contribution is -2.44. The van der Waals surface area contributed by atoms with Gasteiger partial charge in [0, 0.05) is 5.70 Å². The molecule has 0 radical (unpaired) electrons. The predicted octanol–water partition coefficient (Wildman–Crippen LogP) is 3.22. The molecule has 0 unspecified atom stereocenters. The van der Waals surface area contributed by atoms with Gasteiger partial charge in [-0.05, 0) is 31.7 Å². The first kappa shape index (κ1) is 12.6. The Morgan fingerprint density at radius 3 is 2.72 bits per heavy atom. The van der Waals surface area contributed by atoms with Crippen molar-refractivity contribution in [3.63, 3.8) is 0 Å². The summed E-state index contributed by atoms with van der Waals surface area (Å²) in [7, 11) is 0. The maximum absolute atomic E-state index is 12.3. The minimum absolute atomic E-state index is 0.117. The van der Waals surface area contributed by atoms with Gasteiger partial charge in [0.05, 0.1) is 5.41 Å². The van der Waals surface area contributed by atoms with Crippen molar-refractivity contribution >= 4 is 5.91 Å².